The molecule has 0 aliphatic carbocycles. The fourth-order valence-corrected chi connectivity index (χ4v) is 2.19. The van der Waals surface area contributed by atoms with Gasteiger partial charge in [0.05, 0.1) is 10.9 Å². The van der Waals surface area contributed by atoms with Gasteiger partial charge in [-0.3, -0.25) is 9.78 Å². The summed E-state index contributed by atoms with van der Waals surface area (Å²) < 4.78 is 0. The lowest BCUT2D eigenvalue weighted by atomic mass is 9.94. The van der Waals surface area contributed by atoms with Gasteiger partial charge in [0, 0.05) is 26.0 Å². The Kier molecular flexibility index (Phi) is 5.22. The highest BCUT2D eigenvalue weighted by molar-refractivity contribution is 7.80. The molecule has 1 amide bonds. The van der Waals surface area contributed by atoms with Crippen molar-refractivity contribution in [2.45, 2.75) is 20.4 Å². The first-order valence-electron chi connectivity index (χ1n) is 5.86. The van der Waals surface area contributed by atoms with Crippen molar-refractivity contribution in [3.05, 3.63) is 30.1 Å². The first-order valence-corrected chi connectivity index (χ1v) is 6.27. The number of rotatable bonds is 5. The average Bonchev–Trinajstić information content (AvgIpc) is 2.29. The van der Waals surface area contributed by atoms with E-state index in [9.17, 15) is 4.79 Å². The molecule has 18 heavy (non-hydrogen) atoms. The molecule has 2 N–H and O–H groups in total. The average molecular weight is 265 g/mol. The molecule has 0 bridgehead atoms. The highest BCUT2D eigenvalue weighted by Crippen LogP contribution is 2.15. The van der Waals surface area contributed by atoms with Crippen molar-refractivity contribution in [2.24, 2.45) is 17.6 Å². The van der Waals surface area contributed by atoms with Crippen molar-refractivity contribution in [2.75, 3.05) is 7.05 Å². The summed E-state index contributed by atoms with van der Waals surface area (Å²) in [5, 5.41) is 0. The van der Waals surface area contributed by atoms with Crippen LogP contribution in [0.4, 0.5) is 0 Å². The van der Waals surface area contributed by atoms with Crippen LogP contribution < -0.4 is 5.73 Å². The predicted octanol–water partition coefficient (Wildman–Crippen LogP) is 1.60. The summed E-state index contributed by atoms with van der Waals surface area (Å²) >= 11 is 4.97. The van der Waals surface area contributed by atoms with Crippen LogP contribution in [0, 0.1) is 11.8 Å². The van der Waals surface area contributed by atoms with Crippen LogP contribution in [0.2, 0.25) is 0 Å². The van der Waals surface area contributed by atoms with Gasteiger partial charge in [0.25, 0.3) is 0 Å². The minimum Gasteiger partial charge on any atom is -0.393 e. The van der Waals surface area contributed by atoms with E-state index in [0.717, 1.165) is 5.56 Å². The number of nitrogens with two attached hydrogens (primary N) is 1. The number of hydrogen-bond acceptors (Lipinski definition) is 3. The van der Waals surface area contributed by atoms with Gasteiger partial charge >= 0.3 is 0 Å². The zero-order valence-corrected chi connectivity index (χ0v) is 11.8. The lowest BCUT2D eigenvalue weighted by molar-refractivity contribution is -0.133. The van der Waals surface area contributed by atoms with Gasteiger partial charge < -0.3 is 10.6 Å². The van der Waals surface area contributed by atoms with Crippen molar-refractivity contribution in [3.63, 3.8) is 0 Å². The van der Waals surface area contributed by atoms with Crippen molar-refractivity contribution in [1.29, 1.82) is 0 Å². The quantitative estimate of drug-likeness (QED) is 0.822. The minimum atomic E-state index is -0.401. The molecule has 1 atom stereocenters. The molecule has 1 heterocycles. The summed E-state index contributed by atoms with van der Waals surface area (Å²) in [5.41, 5.74) is 6.63. The Morgan fingerprint density at radius 2 is 2.22 bits per heavy atom. The molecule has 0 fully saturated rings. The number of thiocarbonyl (C=S) groups is 1. The first kappa shape index (κ1) is 14.6. The van der Waals surface area contributed by atoms with Gasteiger partial charge in [-0.1, -0.05) is 32.1 Å². The number of pyridine rings is 1. The van der Waals surface area contributed by atoms with E-state index in [1.165, 1.54) is 0 Å². The number of carbonyl (C=O) groups is 1. The summed E-state index contributed by atoms with van der Waals surface area (Å²) in [6.45, 7) is 4.40. The van der Waals surface area contributed by atoms with Crippen LogP contribution in [0.15, 0.2) is 24.5 Å². The van der Waals surface area contributed by atoms with Gasteiger partial charge in [-0.15, -0.1) is 0 Å². The van der Waals surface area contributed by atoms with Gasteiger partial charge in [0.2, 0.25) is 5.91 Å². The maximum atomic E-state index is 12.3. The largest absolute Gasteiger partial charge is 0.393 e. The van der Waals surface area contributed by atoms with E-state index in [4.69, 9.17) is 18.0 Å². The summed E-state index contributed by atoms with van der Waals surface area (Å²) in [6, 6.07) is 3.78. The molecule has 0 aliphatic rings. The normalized spacial score (nSPS) is 12.2. The molecule has 0 aromatic carbocycles. The molecule has 1 unspecified atom stereocenters. The van der Waals surface area contributed by atoms with Crippen LogP contribution in [-0.4, -0.2) is 27.8 Å². The number of carbonyl (C=O) groups excluding carboxylic acids is 1. The van der Waals surface area contributed by atoms with Crippen LogP contribution in [0.1, 0.15) is 19.4 Å². The SMILES string of the molecule is CC(C)C(C(=O)N(C)Cc1cccnc1)C(N)=S. The zero-order chi connectivity index (χ0) is 13.7. The van der Waals surface area contributed by atoms with Crippen molar-refractivity contribution in [3.8, 4) is 0 Å². The third-order valence-corrected chi connectivity index (χ3v) is 3.01. The van der Waals surface area contributed by atoms with Crippen molar-refractivity contribution < 1.29 is 4.79 Å². The number of amides is 1. The van der Waals surface area contributed by atoms with Gasteiger partial charge in [0.15, 0.2) is 0 Å². The molecule has 98 valence electrons. The van der Waals surface area contributed by atoms with E-state index < -0.39 is 5.92 Å². The molecule has 0 saturated carbocycles. The van der Waals surface area contributed by atoms with Crippen LogP contribution in [0.3, 0.4) is 0 Å². The number of nitrogens with zero attached hydrogens (tertiary/aromatic N) is 2. The fraction of sp³-hybridized carbons (Fsp3) is 0.462. The lowest BCUT2D eigenvalue weighted by Crippen LogP contribution is -2.41. The third kappa shape index (κ3) is 3.77. The standard InChI is InChI=1S/C13H19N3OS/c1-9(2)11(12(14)18)13(17)16(3)8-10-5-4-6-15-7-10/h4-7,9,11H,8H2,1-3H3,(H2,14,18). The molecular weight excluding hydrogens is 246 g/mol. The highest BCUT2D eigenvalue weighted by atomic mass is 32.1. The Balaban J connectivity index is 2.74. The Morgan fingerprint density at radius 3 is 2.67 bits per heavy atom. The fourth-order valence-electron chi connectivity index (χ4n) is 1.82. The monoisotopic (exact) mass is 265 g/mol. The van der Waals surface area contributed by atoms with Crippen molar-refractivity contribution in [1.82, 2.24) is 9.88 Å². The second kappa shape index (κ2) is 6.44. The topological polar surface area (TPSA) is 59.2 Å². The second-order valence-electron chi connectivity index (χ2n) is 4.68. The van der Waals surface area contributed by atoms with Crippen LogP contribution >= 0.6 is 12.2 Å². The third-order valence-electron chi connectivity index (χ3n) is 2.76. The maximum absolute atomic E-state index is 12.3. The molecular formula is C13H19N3OS. The Morgan fingerprint density at radius 1 is 1.56 bits per heavy atom. The Bertz CT molecular complexity index is 420. The lowest BCUT2D eigenvalue weighted by Gasteiger charge is -2.25. The van der Waals surface area contributed by atoms with E-state index in [0.29, 0.717) is 6.54 Å². The Hall–Kier alpha value is -1.49. The van der Waals surface area contributed by atoms with E-state index >= 15 is 0 Å². The maximum Gasteiger partial charge on any atom is 0.232 e. The zero-order valence-electron chi connectivity index (χ0n) is 11.0. The summed E-state index contributed by atoms with van der Waals surface area (Å²) in [6.07, 6.45) is 3.45. The first-order chi connectivity index (χ1) is 8.43. The molecule has 1 aromatic rings. The molecule has 4 nitrogen and oxygen atoms in total. The smallest absolute Gasteiger partial charge is 0.232 e. The van der Waals surface area contributed by atoms with Gasteiger partial charge in [-0.05, 0) is 17.5 Å². The summed E-state index contributed by atoms with van der Waals surface area (Å²) in [5.74, 6) is -0.339. The molecule has 1 aromatic heterocycles. The Labute approximate surface area is 113 Å². The minimum absolute atomic E-state index is 0.0404. The predicted molar refractivity (Wildman–Crippen MR) is 75.8 cm³/mol. The van der Waals surface area contributed by atoms with Gasteiger partial charge in [0.1, 0.15) is 0 Å². The van der Waals surface area contributed by atoms with Gasteiger partial charge in [-0.25, -0.2) is 0 Å². The molecule has 5 heteroatoms. The van der Waals surface area contributed by atoms with Crippen LogP contribution in [0.5, 0.6) is 0 Å². The number of hydrogen-bond donors (Lipinski definition) is 1. The van der Waals surface area contributed by atoms with E-state index in [1.54, 1.807) is 24.3 Å². The molecule has 1 rings (SSSR count). The van der Waals surface area contributed by atoms with Crippen molar-refractivity contribution >= 4 is 23.1 Å². The molecule has 0 radical (unpaired) electrons. The molecule has 0 spiro atoms. The summed E-state index contributed by atoms with van der Waals surface area (Å²) in [4.78, 5) is 18.2. The van der Waals surface area contributed by atoms with E-state index in [1.807, 2.05) is 26.0 Å². The highest BCUT2D eigenvalue weighted by Gasteiger charge is 2.27. The molecule has 0 saturated heterocycles. The van der Waals surface area contributed by atoms with Crippen LogP contribution in [0.25, 0.3) is 0 Å². The molecule has 0 aliphatic heterocycles. The second-order valence-corrected chi connectivity index (χ2v) is 5.15. The number of aromatic nitrogens is 1. The van der Waals surface area contributed by atoms with Gasteiger partial charge in [-0.2, -0.15) is 0 Å². The van der Waals surface area contributed by atoms with E-state index in [2.05, 4.69) is 4.98 Å². The van der Waals surface area contributed by atoms with Crippen LogP contribution in [-0.2, 0) is 11.3 Å². The van der Waals surface area contributed by atoms with E-state index in [-0.39, 0.29) is 16.8 Å². The summed E-state index contributed by atoms with van der Waals surface area (Å²) in [7, 11) is 1.75.